The summed E-state index contributed by atoms with van der Waals surface area (Å²) in [6.45, 7) is 0. The molecular formula is C10H7. The van der Waals surface area contributed by atoms with E-state index in [-0.39, 0.29) is 0 Å². The Bertz CT molecular complexity index is 379. The van der Waals surface area contributed by atoms with E-state index in [2.05, 4.69) is 6.07 Å². The lowest BCUT2D eigenvalue weighted by atomic mass is 10.1. The minimum absolute atomic E-state index is 0.559. The van der Waals surface area contributed by atoms with E-state index in [1.54, 1.807) is 6.07 Å². The van der Waals surface area contributed by atoms with Gasteiger partial charge in [0.25, 0.3) is 0 Å². The lowest BCUT2D eigenvalue weighted by molar-refractivity contribution is 1.74. The quantitative estimate of drug-likeness (QED) is 0.511. The molecule has 0 aliphatic rings. The molecule has 1 radical (unpaired) electrons. The van der Waals surface area contributed by atoms with E-state index < -0.39 is 0 Å². The van der Waals surface area contributed by atoms with Crippen LogP contribution in [0.5, 0.6) is 0 Å². The van der Waals surface area contributed by atoms with Crippen molar-refractivity contribution in [2.75, 3.05) is 0 Å². The van der Waals surface area contributed by atoms with E-state index in [1.807, 2.05) is 30.3 Å². The Morgan fingerprint density at radius 3 is 3.20 bits per heavy atom. The maximum Gasteiger partial charge on any atom is 0.0623 e. The summed E-state index contributed by atoms with van der Waals surface area (Å²) in [6, 6.07) is 14.9. The second-order valence-electron chi connectivity index (χ2n) is 2.20. The minimum atomic E-state index is 0.559. The molecule has 0 atom stereocenters. The second kappa shape index (κ2) is 2.14. The van der Waals surface area contributed by atoms with Gasteiger partial charge in [0.05, 0.1) is 1.37 Å². The van der Waals surface area contributed by atoms with Crippen LogP contribution in [0.15, 0.2) is 42.4 Å². The largest absolute Gasteiger partial charge is 0.0623 e. The Labute approximate surface area is 61.5 Å². The van der Waals surface area contributed by atoms with Crippen LogP contribution in [0.25, 0.3) is 10.8 Å². The van der Waals surface area contributed by atoms with E-state index >= 15 is 0 Å². The number of fused-ring (bicyclic) bond motifs is 1. The van der Waals surface area contributed by atoms with E-state index in [4.69, 9.17) is 1.37 Å². The predicted molar refractivity (Wildman–Crippen MR) is 42.8 cm³/mol. The third-order valence-corrected chi connectivity index (χ3v) is 1.53. The Morgan fingerprint density at radius 1 is 1.20 bits per heavy atom. The lowest BCUT2D eigenvalue weighted by Gasteiger charge is -1.92. The third kappa shape index (κ3) is 0.781. The highest BCUT2D eigenvalue weighted by Gasteiger charge is 1.85. The molecule has 10 heavy (non-hydrogen) atoms. The van der Waals surface area contributed by atoms with Crippen LogP contribution in [0.3, 0.4) is 0 Å². The van der Waals surface area contributed by atoms with Gasteiger partial charge in [0, 0.05) is 0 Å². The van der Waals surface area contributed by atoms with Crippen molar-refractivity contribution < 1.29 is 1.37 Å². The molecule has 0 heterocycles. The van der Waals surface area contributed by atoms with Gasteiger partial charge in [-0.3, -0.25) is 0 Å². The summed E-state index contributed by atoms with van der Waals surface area (Å²) in [7, 11) is 0. The van der Waals surface area contributed by atoms with Crippen LogP contribution >= 0.6 is 0 Å². The first-order chi connectivity index (χ1) is 5.36. The summed E-state index contributed by atoms with van der Waals surface area (Å²) in [5, 5.41) is 2.25. The highest BCUT2D eigenvalue weighted by Crippen LogP contribution is 2.10. The van der Waals surface area contributed by atoms with Gasteiger partial charge in [-0.15, -0.1) is 0 Å². The summed E-state index contributed by atoms with van der Waals surface area (Å²) >= 11 is 0. The summed E-state index contributed by atoms with van der Waals surface area (Å²) in [5.41, 5.74) is 0. The molecule has 0 unspecified atom stereocenters. The fraction of sp³-hybridized carbons (Fsp3) is 0. The number of hydrogen-bond acceptors (Lipinski definition) is 0. The molecule has 0 amide bonds. The van der Waals surface area contributed by atoms with Crippen LogP contribution < -0.4 is 0 Å². The van der Waals surface area contributed by atoms with Gasteiger partial charge in [-0.1, -0.05) is 36.4 Å². The van der Waals surface area contributed by atoms with Crippen molar-refractivity contribution >= 4 is 10.8 Å². The highest BCUT2D eigenvalue weighted by molar-refractivity contribution is 5.81. The van der Waals surface area contributed by atoms with Crippen LogP contribution in [0.2, 0.25) is 0 Å². The topological polar surface area (TPSA) is 0 Å². The zero-order chi connectivity index (χ0) is 7.68. The molecule has 2 aromatic carbocycles. The summed E-state index contributed by atoms with van der Waals surface area (Å²) in [5.74, 6) is 0. The molecule has 0 spiro atoms. The first kappa shape index (κ1) is 4.51. The van der Waals surface area contributed by atoms with E-state index in [1.165, 1.54) is 0 Å². The van der Waals surface area contributed by atoms with Crippen LogP contribution in [0.4, 0.5) is 0 Å². The molecule has 0 aliphatic carbocycles. The molecule has 0 fully saturated rings. The van der Waals surface area contributed by atoms with Crippen molar-refractivity contribution in [3.63, 3.8) is 0 Å². The minimum Gasteiger partial charge on any atom is -0.0616 e. The maximum atomic E-state index is 7.37. The van der Waals surface area contributed by atoms with Gasteiger partial charge in [0.2, 0.25) is 0 Å². The van der Waals surface area contributed by atoms with Crippen molar-refractivity contribution in [1.29, 1.82) is 0 Å². The lowest BCUT2D eigenvalue weighted by Crippen LogP contribution is -1.67. The Morgan fingerprint density at radius 2 is 2.20 bits per heavy atom. The maximum absolute atomic E-state index is 7.37. The van der Waals surface area contributed by atoms with Crippen molar-refractivity contribution in [2.45, 2.75) is 0 Å². The predicted octanol–water partition coefficient (Wildman–Crippen LogP) is 2.64. The zero-order valence-electron chi connectivity index (χ0n) is 6.46. The molecule has 2 aromatic rings. The molecule has 0 N–H and O–H groups in total. The molecule has 0 aliphatic heterocycles. The van der Waals surface area contributed by atoms with Gasteiger partial charge in [0.15, 0.2) is 0 Å². The standard InChI is InChI=1S/C10H7/c1-2-6-10-8-4-3-7-9(10)5-1/h1-3,5-8H/i1D. The normalized spacial score (nSPS) is 11.4. The zero-order valence-corrected chi connectivity index (χ0v) is 5.46. The average Bonchev–Trinajstić information content (AvgIpc) is 2.04. The number of benzene rings is 2. The first-order valence-corrected chi connectivity index (χ1v) is 3.23. The Kier molecular flexibility index (Phi) is 0.966. The van der Waals surface area contributed by atoms with Crippen molar-refractivity contribution in [3.05, 3.63) is 48.5 Å². The summed E-state index contributed by atoms with van der Waals surface area (Å²) in [6.07, 6.45) is 0. The smallest absolute Gasteiger partial charge is 0.0616 e. The van der Waals surface area contributed by atoms with Crippen molar-refractivity contribution in [3.8, 4) is 0 Å². The molecule has 47 valence electrons. The number of rotatable bonds is 0. The van der Waals surface area contributed by atoms with Crippen molar-refractivity contribution in [2.24, 2.45) is 0 Å². The monoisotopic (exact) mass is 128 g/mol. The second-order valence-corrected chi connectivity index (χ2v) is 2.20. The molecule has 2 rings (SSSR count). The Balaban J connectivity index is 2.83. The highest BCUT2D eigenvalue weighted by atomic mass is 13.9. The molecule has 0 nitrogen and oxygen atoms in total. The fourth-order valence-electron chi connectivity index (χ4n) is 1.01. The fourth-order valence-corrected chi connectivity index (χ4v) is 1.01. The summed E-state index contributed by atoms with van der Waals surface area (Å²) in [4.78, 5) is 0. The van der Waals surface area contributed by atoms with Crippen LogP contribution in [0.1, 0.15) is 1.37 Å². The van der Waals surface area contributed by atoms with Gasteiger partial charge in [-0.25, -0.2) is 0 Å². The number of hydrogen-bond donors (Lipinski definition) is 0. The van der Waals surface area contributed by atoms with E-state index in [0.29, 0.717) is 6.04 Å². The van der Waals surface area contributed by atoms with Crippen LogP contribution in [-0.2, 0) is 0 Å². The van der Waals surface area contributed by atoms with E-state index in [9.17, 15) is 0 Å². The summed E-state index contributed by atoms with van der Waals surface area (Å²) < 4.78 is 7.37. The molecular weight excluding hydrogens is 120 g/mol. The van der Waals surface area contributed by atoms with Crippen molar-refractivity contribution in [1.82, 2.24) is 0 Å². The van der Waals surface area contributed by atoms with Gasteiger partial charge in [-0.05, 0) is 22.9 Å². The SMILES string of the molecule is [2H]c1ccc2c[c]ccc2c1. The molecule has 0 aromatic heterocycles. The van der Waals surface area contributed by atoms with E-state index in [0.717, 1.165) is 10.8 Å². The van der Waals surface area contributed by atoms with Gasteiger partial charge in [0.1, 0.15) is 0 Å². The molecule has 0 saturated heterocycles. The van der Waals surface area contributed by atoms with Gasteiger partial charge < -0.3 is 0 Å². The van der Waals surface area contributed by atoms with Crippen LogP contribution in [0, 0.1) is 6.07 Å². The molecule has 0 saturated carbocycles. The van der Waals surface area contributed by atoms with Gasteiger partial charge >= 0.3 is 0 Å². The molecule has 0 bridgehead atoms. The van der Waals surface area contributed by atoms with Gasteiger partial charge in [-0.2, -0.15) is 0 Å². The van der Waals surface area contributed by atoms with Crippen LogP contribution in [-0.4, -0.2) is 0 Å². The Hall–Kier alpha value is -1.30. The molecule has 0 heteroatoms. The average molecular weight is 128 g/mol. The third-order valence-electron chi connectivity index (χ3n) is 1.53. The first-order valence-electron chi connectivity index (χ1n) is 3.73.